The number of benzene rings is 2. The van der Waals surface area contributed by atoms with Crippen molar-refractivity contribution in [1.82, 2.24) is 0 Å². The molecule has 2 N–H and O–H groups in total. The third-order valence-corrected chi connectivity index (χ3v) is 4.07. The van der Waals surface area contributed by atoms with Crippen molar-refractivity contribution >= 4 is 40.5 Å². The number of carbonyl (C=O) groups excluding carboxylic acids is 1. The summed E-state index contributed by atoms with van der Waals surface area (Å²) in [5, 5.41) is 7.22. The number of halogens is 2. The number of rotatable bonds is 4. The molecule has 0 fully saturated rings. The molecule has 0 aliphatic rings. The van der Waals surface area contributed by atoms with Crippen LogP contribution in [0, 0.1) is 13.8 Å². The molecule has 5 heteroatoms. The lowest BCUT2D eigenvalue weighted by Gasteiger charge is -2.12. The molecule has 3 nitrogen and oxygen atoms in total. The normalized spacial score (nSPS) is 10.3. The van der Waals surface area contributed by atoms with Crippen LogP contribution in [-0.4, -0.2) is 12.5 Å². The van der Waals surface area contributed by atoms with E-state index >= 15 is 0 Å². The standard InChI is InChI=1S/C16H16Cl2N2O/c1-10-12(17)5-3-7-14(10)19-9-16(21)20-15-8-4-6-13(18)11(15)2/h3-8,19H,9H2,1-2H3,(H,20,21). The van der Waals surface area contributed by atoms with Crippen LogP contribution >= 0.6 is 23.2 Å². The highest BCUT2D eigenvalue weighted by Crippen LogP contribution is 2.24. The van der Waals surface area contributed by atoms with E-state index in [4.69, 9.17) is 23.2 Å². The highest BCUT2D eigenvalue weighted by molar-refractivity contribution is 6.32. The van der Waals surface area contributed by atoms with Gasteiger partial charge in [-0.25, -0.2) is 0 Å². The maximum absolute atomic E-state index is 12.0. The first-order valence-corrected chi connectivity index (χ1v) is 7.28. The molecular weight excluding hydrogens is 307 g/mol. The molecule has 0 atom stereocenters. The molecule has 2 rings (SSSR count). The average molecular weight is 323 g/mol. The van der Waals surface area contributed by atoms with E-state index in [1.807, 2.05) is 38.1 Å². The quantitative estimate of drug-likeness (QED) is 0.859. The van der Waals surface area contributed by atoms with Crippen LogP contribution in [0.5, 0.6) is 0 Å². The summed E-state index contributed by atoms with van der Waals surface area (Å²) in [4.78, 5) is 12.0. The SMILES string of the molecule is Cc1c(Cl)cccc1NCC(=O)Nc1cccc(Cl)c1C. The van der Waals surface area contributed by atoms with Gasteiger partial charge in [-0.05, 0) is 49.2 Å². The van der Waals surface area contributed by atoms with Crippen LogP contribution in [0.4, 0.5) is 11.4 Å². The molecule has 0 heterocycles. The molecule has 2 aromatic rings. The van der Waals surface area contributed by atoms with Gasteiger partial charge >= 0.3 is 0 Å². The van der Waals surface area contributed by atoms with E-state index in [-0.39, 0.29) is 12.5 Å². The first-order valence-electron chi connectivity index (χ1n) is 6.53. The summed E-state index contributed by atoms with van der Waals surface area (Å²) in [5.74, 6) is -0.139. The molecule has 0 saturated heterocycles. The van der Waals surface area contributed by atoms with E-state index in [2.05, 4.69) is 10.6 Å². The molecule has 2 aromatic carbocycles. The van der Waals surface area contributed by atoms with Crippen LogP contribution in [0.1, 0.15) is 11.1 Å². The Morgan fingerprint density at radius 3 is 2.10 bits per heavy atom. The van der Waals surface area contributed by atoms with Crippen LogP contribution in [0.2, 0.25) is 10.0 Å². The lowest BCUT2D eigenvalue weighted by atomic mass is 10.2. The van der Waals surface area contributed by atoms with Crippen molar-refractivity contribution in [3.05, 3.63) is 57.6 Å². The summed E-state index contributed by atoms with van der Waals surface area (Å²) < 4.78 is 0. The summed E-state index contributed by atoms with van der Waals surface area (Å²) in [5.41, 5.74) is 3.34. The van der Waals surface area contributed by atoms with Crippen molar-refractivity contribution in [3.63, 3.8) is 0 Å². The zero-order valence-corrected chi connectivity index (χ0v) is 13.3. The summed E-state index contributed by atoms with van der Waals surface area (Å²) in [6.45, 7) is 3.93. The van der Waals surface area contributed by atoms with Crippen molar-refractivity contribution in [2.75, 3.05) is 17.2 Å². The summed E-state index contributed by atoms with van der Waals surface area (Å²) in [6, 6.07) is 11.0. The number of nitrogens with one attached hydrogen (secondary N) is 2. The number of hydrogen-bond donors (Lipinski definition) is 2. The maximum atomic E-state index is 12.0. The summed E-state index contributed by atoms with van der Waals surface area (Å²) in [6.07, 6.45) is 0. The Kier molecular flexibility index (Phi) is 5.10. The smallest absolute Gasteiger partial charge is 0.243 e. The monoisotopic (exact) mass is 322 g/mol. The second-order valence-electron chi connectivity index (χ2n) is 4.73. The lowest BCUT2D eigenvalue weighted by Crippen LogP contribution is -2.22. The second-order valence-corrected chi connectivity index (χ2v) is 5.54. The molecule has 1 amide bonds. The minimum Gasteiger partial charge on any atom is -0.376 e. The zero-order valence-electron chi connectivity index (χ0n) is 11.8. The van der Waals surface area contributed by atoms with Gasteiger partial charge in [0.25, 0.3) is 0 Å². The van der Waals surface area contributed by atoms with Gasteiger partial charge in [0.05, 0.1) is 6.54 Å². The van der Waals surface area contributed by atoms with Crippen LogP contribution in [0.15, 0.2) is 36.4 Å². The van der Waals surface area contributed by atoms with Gasteiger partial charge in [-0.3, -0.25) is 4.79 Å². The zero-order chi connectivity index (χ0) is 15.4. The Bertz CT molecular complexity index is 671. The van der Waals surface area contributed by atoms with Crippen molar-refractivity contribution in [1.29, 1.82) is 0 Å². The molecular formula is C16H16Cl2N2O. The van der Waals surface area contributed by atoms with E-state index < -0.39 is 0 Å². The fraction of sp³-hybridized carbons (Fsp3) is 0.188. The van der Waals surface area contributed by atoms with Gasteiger partial charge in [-0.1, -0.05) is 35.3 Å². The van der Waals surface area contributed by atoms with Crippen LogP contribution in [0.3, 0.4) is 0 Å². The largest absolute Gasteiger partial charge is 0.376 e. The van der Waals surface area contributed by atoms with E-state index in [0.717, 1.165) is 22.5 Å². The molecule has 0 bridgehead atoms. The number of hydrogen-bond acceptors (Lipinski definition) is 2. The van der Waals surface area contributed by atoms with Gasteiger partial charge in [-0.2, -0.15) is 0 Å². The Hall–Kier alpha value is -1.71. The van der Waals surface area contributed by atoms with Gasteiger partial charge in [0, 0.05) is 21.4 Å². The van der Waals surface area contributed by atoms with Crippen LogP contribution in [-0.2, 0) is 4.79 Å². The van der Waals surface area contributed by atoms with Crippen molar-refractivity contribution in [2.24, 2.45) is 0 Å². The highest BCUT2D eigenvalue weighted by atomic mass is 35.5. The van der Waals surface area contributed by atoms with Gasteiger partial charge in [-0.15, -0.1) is 0 Å². The maximum Gasteiger partial charge on any atom is 0.243 e. The fourth-order valence-corrected chi connectivity index (χ4v) is 2.26. The fourth-order valence-electron chi connectivity index (χ4n) is 1.91. The molecule has 0 saturated carbocycles. The predicted octanol–water partition coefficient (Wildman–Crippen LogP) is 4.66. The van der Waals surface area contributed by atoms with Gasteiger partial charge in [0.2, 0.25) is 5.91 Å². The molecule has 0 radical (unpaired) electrons. The Balaban J connectivity index is 1.99. The summed E-state index contributed by atoms with van der Waals surface area (Å²) >= 11 is 12.1. The van der Waals surface area contributed by atoms with E-state index in [9.17, 15) is 4.79 Å². The molecule has 0 unspecified atom stereocenters. The minimum absolute atomic E-state index is 0.139. The van der Waals surface area contributed by atoms with Gasteiger partial charge in [0.1, 0.15) is 0 Å². The van der Waals surface area contributed by atoms with E-state index in [1.54, 1.807) is 12.1 Å². The third kappa shape index (κ3) is 3.90. The van der Waals surface area contributed by atoms with E-state index in [1.165, 1.54) is 0 Å². The Morgan fingerprint density at radius 1 is 0.952 bits per heavy atom. The lowest BCUT2D eigenvalue weighted by molar-refractivity contribution is -0.114. The van der Waals surface area contributed by atoms with Crippen molar-refractivity contribution in [2.45, 2.75) is 13.8 Å². The van der Waals surface area contributed by atoms with Crippen LogP contribution < -0.4 is 10.6 Å². The average Bonchev–Trinajstić information content (AvgIpc) is 2.45. The van der Waals surface area contributed by atoms with Gasteiger partial charge < -0.3 is 10.6 Å². The first-order chi connectivity index (χ1) is 9.99. The topological polar surface area (TPSA) is 41.1 Å². The molecule has 0 aliphatic heterocycles. The molecule has 0 aromatic heterocycles. The predicted molar refractivity (Wildman–Crippen MR) is 89.5 cm³/mol. The first kappa shape index (κ1) is 15.7. The van der Waals surface area contributed by atoms with E-state index in [0.29, 0.717) is 10.0 Å². The number of amides is 1. The van der Waals surface area contributed by atoms with Crippen molar-refractivity contribution < 1.29 is 4.79 Å². The third-order valence-electron chi connectivity index (χ3n) is 3.25. The highest BCUT2D eigenvalue weighted by Gasteiger charge is 2.08. The van der Waals surface area contributed by atoms with Crippen molar-refractivity contribution in [3.8, 4) is 0 Å². The summed E-state index contributed by atoms with van der Waals surface area (Å²) in [7, 11) is 0. The Labute approximate surface area is 134 Å². The number of anilines is 2. The molecule has 0 spiro atoms. The minimum atomic E-state index is -0.139. The molecule has 21 heavy (non-hydrogen) atoms. The Morgan fingerprint density at radius 2 is 1.48 bits per heavy atom. The molecule has 110 valence electrons. The number of carbonyl (C=O) groups is 1. The van der Waals surface area contributed by atoms with Crippen LogP contribution in [0.25, 0.3) is 0 Å². The molecule has 0 aliphatic carbocycles. The second kappa shape index (κ2) is 6.83. The van der Waals surface area contributed by atoms with Gasteiger partial charge in [0.15, 0.2) is 0 Å².